The molecule has 1 aliphatic heterocycles. The Morgan fingerprint density at radius 3 is 2.71 bits per heavy atom. The molecular formula is C12H16O2. The van der Waals surface area contributed by atoms with Crippen LogP contribution in [0.3, 0.4) is 0 Å². The van der Waals surface area contributed by atoms with Crippen LogP contribution in [0.2, 0.25) is 0 Å². The maximum atomic E-state index is 10.5. The lowest BCUT2D eigenvalue weighted by Gasteiger charge is -2.38. The quantitative estimate of drug-likeness (QED) is 0.736. The monoisotopic (exact) mass is 192 g/mol. The molecule has 1 aromatic rings. The van der Waals surface area contributed by atoms with Crippen LogP contribution >= 0.6 is 0 Å². The second-order valence-corrected chi connectivity index (χ2v) is 4.02. The van der Waals surface area contributed by atoms with Crippen LogP contribution in [-0.4, -0.2) is 18.3 Å². The van der Waals surface area contributed by atoms with Crippen molar-refractivity contribution in [2.45, 2.75) is 18.9 Å². The molecule has 0 aromatic heterocycles. The Morgan fingerprint density at radius 2 is 2.07 bits per heavy atom. The van der Waals surface area contributed by atoms with E-state index in [0.29, 0.717) is 19.6 Å². The summed E-state index contributed by atoms with van der Waals surface area (Å²) >= 11 is 0. The Hall–Kier alpha value is -0.860. The van der Waals surface area contributed by atoms with Crippen molar-refractivity contribution in [3.63, 3.8) is 0 Å². The van der Waals surface area contributed by atoms with Crippen molar-refractivity contribution in [2.24, 2.45) is 5.92 Å². The van der Waals surface area contributed by atoms with Crippen molar-refractivity contribution in [3.8, 4) is 0 Å². The van der Waals surface area contributed by atoms with Crippen molar-refractivity contribution in [1.29, 1.82) is 0 Å². The van der Waals surface area contributed by atoms with E-state index in [-0.39, 0.29) is 5.92 Å². The minimum absolute atomic E-state index is 0.165. The number of rotatable bonds is 1. The van der Waals surface area contributed by atoms with Crippen LogP contribution in [0.1, 0.15) is 18.9 Å². The first-order valence-corrected chi connectivity index (χ1v) is 5.09. The summed E-state index contributed by atoms with van der Waals surface area (Å²) in [4.78, 5) is 0. The first kappa shape index (κ1) is 9.69. The smallest absolute Gasteiger partial charge is 0.0965 e. The minimum atomic E-state index is -0.695. The van der Waals surface area contributed by atoms with Gasteiger partial charge in [-0.3, -0.25) is 0 Å². The van der Waals surface area contributed by atoms with E-state index < -0.39 is 5.60 Å². The van der Waals surface area contributed by atoms with Crippen LogP contribution < -0.4 is 0 Å². The molecule has 0 amide bonds. The predicted octanol–water partition coefficient (Wildman–Crippen LogP) is 1.93. The molecular weight excluding hydrogens is 176 g/mol. The molecule has 0 radical (unpaired) electrons. The first-order valence-electron chi connectivity index (χ1n) is 5.09. The highest BCUT2D eigenvalue weighted by Crippen LogP contribution is 2.35. The molecule has 2 unspecified atom stereocenters. The fourth-order valence-electron chi connectivity index (χ4n) is 2.03. The summed E-state index contributed by atoms with van der Waals surface area (Å²) in [5.74, 6) is 0.165. The Kier molecular flexibility index (Phi) is 2.57. The third-order valence-corrected chi connectivity index (χ3v) is 3.08. The van der Waals surface area contributed by atoms with E-state index >= 15 is 0 Å². The van der Waals surface area contributed by atoms with Crippen molar-refractivity contribution in [3.05, 3.63) is 35.9 Å². The molecule has 2 heteroatoms. The Morgan fingerprint density at radius 1 is 1.36 bits per heavy atom. The fraction of sp³-hybridized carbons (Fsp3) is 0.500. The second-order valence-electron chi connectivity index (χ2n) is 4.02. The Balaban J connectivity index is 2.30. The number of benzene rings is 1. The van der Waals surface area contributed by atoms with E-state index in [1.54, 1.807) is 0 Å². The van der Waals surface area contributed by atoms with Crippen LogP contribution in [-0.2, 0) is 10.3 Å². The molecule has 1 aromatic carbocycles. The highest BCUT2D eigenvalue weighted by atomic mass is 16.5. The molecule has 0 saturated carbocycles. The highest BCUT2D eigenvalue weighted by molar-refractivity contribution is 5.23. The summed E-state index contributed by atoms with van der Waals surface area (Å²) in [5.41, 5.74) is 0.315. The van der Waals surface area contributed by atoms with Gasteiger partial charge in [0.1, 0.15) is 0 Å². The van der Waals surface area contributed by atoms with Gasteiger partial charge in [-0.05, 0) is 5.56 Å². The third kappa shape index (κ3) is 1.56. The molecule has 1 fully saturated rings. The second kappa shape index (κ2) is 3.71. The molecule has 0 aliphatic carbocycles. The van der Waals surface area contributed by atoms with Gasteiger partial charge in [-0.1, -0.05) is 37.3 Å². The lowest BCUT2D eigenvalue weighted by Crippen LogP contribution is -2.41. The molecule has 0 bridgehead atoms. The Bertz CT molecular complexity index is 296. The number of aliphatic hydroxyl groups is 1. The van der Waals surface area contributed by atoms with Crippen molar-refractivity contribution in [1.82, 2.24) is 0 Å². The third-order valence-electron chi connectivity index (χ3n) is 3.08. The molecule has 1 heterocycles. The zero-order valence-corrected chi connectivity index (χ0v) is 8.44. The van der Waals surface area contributed by atoms with Crippen LogP contribution in [0.4, 0.5) is 0 Å². The van der Waals surface area contributed by atoms with Gasteiger partial charge >= 0.3 is 0 Å². The van der Waals surface area contributed by atoms with E-state index in [1.165, 1.54) is 0 Å². The maximum Gasteiger partial charge on any atom is 0.0965 e. The lowest BCUT2D eigenvalue weighted by molar-refractivity contribution is -0.111. The molecule has 2 atom stereocenters. The van der Waals surface area contributed by atoms with E-state index in [2.05, 4.69) is 0 Å². The number of hydrogen-bond donors (Lipinski definition) is 1. The summed E-state index contributed by atoms with van der Waals surface area (Å²) in [7, 11) is 0. The van der Waals surface area contributed by atoms with Crippen LogP contribution in [0.15, 0.2) is 30.3 Å². The van der Waals surface area contributed by atoms with Crippen LogP contribution in [0.25, 0.3) is 0 Å². The van der Waals surface area contributed by atoms with Gasteiger partial charge in [0.15, 0.2) is 0 Å². The van der Waals surface area contributed by atoms with Gasteiger partial charge < -0.3 is 9.84 Å². The summed E-state index contributed by atoms with van der Waals surface area (Å²) in [6.45, 7) is 3.33. The first-order chi connectivity index (χ1) is 6.73. The number of hydrogen-bond acceptors (Lipinski definition) is 2. The molecule has 14 heavy (non-hydrogen) atoms. The van der Waals surface area contributed by atoms with Gasteiger partial charge in [-0.15, -0.1) is 0 Å². The molecule has 1 N–H and O–H groups in total. The van der Waals surface area contributed by atoms with E-state index in [0.717, 1.165) is 5.56 Å². The standard InChI is InChI=1S/C12H16O2/c1-10-9-14-8-7-12(10,13)11-5-3-2-4-6-11/h2-6,10,13H,7-9H2,1H3. The van der Waals surface area contributed by atoms with Gasteiger partial charge in [-0.25, -0.2) is 0 Å². The van der Waals surface area contributed by atoms with E-state index in [4.69, 9.17) is 4.74 Å². The summed E-state index contributed by atoms with van der Waals surface area (Å²) in [6.07, 6.45) is 0.693. The van der Waals surface area contributed by atoms with Crippen molar-refractivity contribution in [2.75, 3.05) is 13.2 Å². The minimum Gasteiger partial charge on any atom is -0.385 e. The van der Waals surface area contributed by atoms with Gasteiger partial charge in [-0.2, -0.15) is 0 Å². The summed E-state index contributed by atoms with van der Waals surface area (Å²) in [5, 5.41) is 10.5. The van der Waals surface area contributed by atoms with Gasteiger partial charge in [0, 0.05) is 18.9 Å². The normalized spacial score (nSPS) is 32.9. The zero-order valence-electron chi connectivity index (χ0n) is 8.44. The van der Waals surface area contributed by atoms with Crippen LogP contribution in [0, 0.1) is 5.92 Å². The summed E-state index contributed by atoms with van der Waals surface area (Å²) in [6, 6.07) is 9.88. The SMILES string of the molecule is CC1COCCC1(O)c1ccccc1. The molecule has 1 saturated heterocycles. The summed E-state index contributed by atoms with van der Waals surface area (Å²) < 4.78 is 5.34. The molecule has 2 nitrogen and oxygen atoms in total. The topological polar surface area (TPSA) is 29.5 Å². The largest absolute Gasteiger partial charge is 0.385 e. The lowest BCUT2D eigenvalue weighted by atomic mass is 9.79. The average molecular weight is 192 g/mol. The van der Waals surface area contributed by atoms with Crippen molar-refractivity contribution < 1.29 is 9.84 Å². The average Bonchev–Trinajstić information content (AvgIpc) is 2.24. The molecule has 0 spiro atoms. The fourth-order valence-corrected chi connectivity index (χ4v) is 2.03. The molecule has 2 rings (SSSR count). The highest BCUT2D eigenvalue weighted by Gasteiger charge is 2.37. The molecule has 76 valence electrons. The maximum absolute atomic E-state index is 10.5. The van der Waals surface area contributed by atoms with E-state index in [9.17, 15) is 5.11 Å². The van der Waals surface area contributed by atoms with Gasteiger partial charge in [0.05, 0.1) is 12.2 Å². The predicted molar refractivity (Wildman–Crippen MR) is 54.9 cm³/mol. The van der Waals surface area contributed by atoms with Crippen molar-refractivity contribution >= 4 is 0 Å². The van der Waals surface area contributed by atoms with Gasteiger partial charge in [0.25, 0.3) is 0 Å². The van der Waals surface area contributed by atoms with Gasteiger partial charge in [0.2, 0.25) is 0 Å². The molecule has 1 aliphatic rings. The zero-order chi connectivity index (χ0) is 10.0. The van der Waals surface area contributed by atoms with E-state index in [1.807, 2.05) is 37.3 Å². The number of ether oxygens (including phenoxy) is 1. The van der Waals surface area contributed by atoms with Crippen LogP contribution in [0.5, 0.6) is 0 Å². The Labute approximate surface area is 84.5 Å².